The summed E-state index contributed by atoms with van der Waals surface area (Å²) in [5.41, 5.74) is 2.25. The third kappa shape index (κ3) is 2.15. The van der Waals surface area contributed by atoms with Gasteiger partial charge < -0.3 is 10.4 Å². The van der Waals surface area contributed by atoms with Crippen LogP contribution in [0.3, 0.4) is 0 Å². The topological polar surface area (TPSA) is 49.3 Å². The van der Waals surface area contributed by atoms with Crippen LogP contribution < -0.4 is 5.32 Å². The first-order valence-corrected chi connectivity index (χ1v) is 6.70. The van der Waals surface area contributed by atoms with Crippen molar-refractivity contribution in [1.29, 1.82) is 0 Å². The van der Waals surface area contributed by atoms with E-state index in [-0.39, 0.29) is 0 Å². The molecule has 2 fully saturated rings. The van der Waals surface area contributed by atoms with Gasteiger partial charge in [0.05, 0.1) is 5.56 Å². The average Bonchev–Trinajstić information content (AvgIpc) is 2.78. The van der Waals surface area contributed by atoms with E-state index in [9.17, 15) is 4.79 Å². The van der Waals surface area contributed by atoms with Crippen molar-refractivity contribution in [2.45, 2.75) is 25.7 Å². The molecule has 1 aliphatic heterocycles. The monoisotopic (exact) mass is 245 g/mol. The molecule has 3 rings (SSSR count). The lowest BCUT2D eigenvalue weighted by Gasteiger charge is -2.45. The lowest BCUT2D eigenvalue weighted by Crippen LogP contribution is -2.39. The van der Waals surface area contributed by atoms with E-state index in [1.807, 2.05) is 12.1 Å². The van der Waals surface area contributed by atoms with E-state index in [0.717, 1.165) is 12.3 Å². The van der Waals surface area contributed by atoms with Gasteiger partial charge in [0.1, 0.15) is 0 Å². The summed E-state index contributed by atoms with van der Waals surface area (Å²) in [5, 5.41) is 12.3. The summed E-state index contributed by atoms with van der Waals surface area (Å²) in [7, 11) is 0. The highest BCUT2D eigenvalue weighted by Crippen LogP contribution is 2.50. The van der Waals surface area contributed by atoms with E-state index in [1.54, 1.807) is 12.1 Å². The minimum absolute atomic E-state index is 0.379. The summed E-state index contributed by atoms with van der Waals surface area (Å²) in [4.78, 5) is 10.8. The number of carboxylic acid groups (broad SMARTS) is 1. The minimum atomic E-state index is -0.846. The number of nitrogens with one attached hydrogen (secondary N) is 1. The van der Waals surface area contributed by atoms with Crippen LogP contribution in [0, 0.1) is 11.3 Å². The van der Waals surface area contributed by atoms with Crippen molar-refractivity contribution in [3.63, 3.8) is 0 Å². The van der Waals surface area contributed by atoms with Gasteiger partial charge >= 0.3 is 5.97 Å². The smallest absolute Gasteiger partial charge is 0.335 e. The second-order valence-corrected chi connectivity index (χ2v) is 5.91. The predicted molar refractivity (Wildman–Crippen MR) is 69.7 cm³/mol. The fraction of sp³-hybridized carbons (Fsp3) is 0.533. The van der Waals surface area contributed by atoms with Gasteiger partial charge in [0.2, 0.25) is 0 Å². The molecule has 2 N–H and O–H groups in total. The Bertz CT molecular complexity index is 438. The highest BCUT2D eigenvalue weighted by atomic mass is 16.4. The van der Waals surface area contributed by atoms with Gasteiger partial charge in [-0.2, -0.15) is 0 Å². The van der Waals surface area contributed by atoms with Crippen LogP contribution in [0.2, 0.25) is 0 Å². The molecule has 96 valence electrons. The van der Waals surface area contributed by atoms with Crippen molar-refractivity contribution in [1.82, 2.24) is 5.32 Å². The molecule has 0 bridgehead atoms. The van der Waals surface area contributed by atoms with Crippen molar-refractivity contribution in [3.05, 3.63) is 35.4 Å². The fourth-order valence-electron chi connectivity index (χ4n) is 3.57. The first-order chi connectivity index (χ1) is 8.67. The Balaban J connectivity index is 1.56. The van der Waals surface area contributed by atoms with Crippen LogP contribution in [0.25, 0.3) is 0 Å². The number of carbonyl (C=O) groups is 1. The van der Waals surface area contributed by atoms with Crippen molar-refractivity contribution < 1.29 is 9.90 Å². The number of benzene rings is 1. The van der Waals surface area contributed by atoms with Gasteiger partial charge in [-0.1, -0.05) is 12.1 Å². The van der Waals surface area contributed by atoms with E-state index >= 15 is 0 Å². The molecule has 3 heteroatoms. The van der Waals surface area contributed by atoms with E-state index in [1.165, 1.54) is 37.9 Å². The second-order valence-electron chi connectivity index (χ2n) is 5.91. The Morgan fingerprint density at radius 2 is 2.06 bits per heavy atom. The average molecular weight is 245 g/mol. The minimum Gasteiger partial charge on any atom is -0.478 e. The van der Waals surface area contributed by atoms with Crippen LogP contribution in [0.4, 0.5) is 0 Å². The van der Waals surface area contributed by atoms with Gasteiger partial charge in [0.15, 0.2) is 0 Å². The Hall–Kier alpha value is -1.35. The summed E-state index contributed by atoms with van der Waals surface area (Å²) in [6.07, 6.45) is 5.10. The van der Waals surface area contributed by atoms with Gasteiger partial charge in [0.25, 0.3) is 0 Å². The Kier molecular flexibility index (Phi) is 2.86. The van der Waals surface area contributed by atoms with Crippen LogP contribution in [0.5, 0.6) is 0 Å². The maximum atomic E-state index is 10.8. The number of hydrogen-bond acceptors (Lipinski definition) is 2. The third-order valence-corrected chi connectivity index (χ3v) is 4.50. The Morgan fingerprint density at radius 3 is 2.61 bits per heavy atom. The number of aromatic carboxylic acids is 1. The Labute approximate surface area is 107 Å². The Morgan fingerprint density at radius 1 is 1.33 bits per heavy atom. The van der Waals surface area contributed by atoms with Crippen molar-refractivity contribution in [2.24, 2.45) is 11.3 Å². The molecular weight excluding hydrogens is 226 g/mol. The zero-order chi connectivity index (χ0) is 12.6. The zero-order valence-corrected chi connectivity index (χ0v) is 10.5. The van der Waals surface area contributed by atoms with E-state index in [4.69, 9.17) is 5.11 Å². The molecule has 0 amide bonds. The molecule has 0 atom stereocenters. The van der Waals surface area contributed by atoms with Crippen LogP contribution in [-0.4, -0.2) is 24.2 Å². The molecular formula is C15H19NO2. The lowest BCUT2D eigenvalue weighted by molar-refractivity contribution is 0.0697. The number of hydrogen-bond donors (Lipinski definition) is 2. The molecule has 1 aromatic carbocycles. The largest absolute Gasteiger partial charge is 0.478 e. The van der Waals surface area contributed by atoms with Crippen molar-refractivity contribution >= 4 is 5.97 Å². The summed E-state index contributed by atoms with van der Waals surface area (Å²) in [6.45, 7) is 2.38. The number of carboxylic acids is 1. The molecule has 0 aromatic heterocycles. The number of rotatable bonds is 3. The van der Waals surface area contributed by atoms with Gasteiger partial charge in [-0.25, -0.2) is 4.79 Å². The highest BCUT2D eigenvalue weighted by molar-refractivity contribution is 5.87. The van der Waals surface area contributed by atoms with Crippen LogP contribution in [0.15, 0.2) is 24.3 Å². The molecule has 3 nitrogen and oxygen atoms in total. The van der Waals surface area contributed by atoms with Crippen LogP contribution in [-0.2, 0) is 6.42 Å². The lowest BCUT2D eigenvalue weighted by atomic mass is 9.60. The summed E-state index contributed by atoms with van der Waals surface area (Å²) in [5.74, 6) is -0.0539. The SMILES string of the molecule is O=C(O)c1ccc(CC2CC3(CCNC3)C2)cc1. The van der Waals surface area contributed by atoms with Crippen LogP contribution >= 0.6 is 0 Å². The maximum Gasteiger partial charge on any atom is 0.335 e. The molecule has 0 radical (unpaired) electrons. The molecule has 1 aromatic rings. The van der Waals surface area contributed by atoms with Gasteiger partial charge in [-0.05, 0) is 61.3 Å². The normalized spacial score (nSPS) is 30.3. The molecule has 2 aliphatic rings. The predicted octanol–water partition coefficient (Wildman–Crippen LogP) is 2.32. The molecule has 18 heavy (non-hydrogen) atoms. The summed E-state index contributed by atoms with van der Waals surface area (Å²) < 4.78 is 0. The molecule has 1 spiro atoms. The van der Waals surface area contributed by atoms with Crippen molar-refractivity contribution in [2.75, 3.05) is 13.1 Å². The molecule has 1 heterocycles. The van der Waals surface area contributed by atoms with E-state index in [2.05, 4.69) is 5.32 Å². The van der Waals surface area contributed by atoms with Gasteiger partial charge in [0, 0.05) is 6.54 Å². The van der Waals surface area contributed by atoms with Crippen molar-refractivity contribution in [3.8, 4) is 0 Å². The third-order valence-electron chi connectivity index (χ3n) is 4.50. The van der Waals surface area contributed by atoms with Gasteiger partial charge in [-0.15, -0.1) is 0 Å². The van der Waals surface area contributed by atoms with Gasteiger partial charge in [-0.3, -0.25) is 0 Å². The molecule has 1 saturated carbocycles. The first-order valence-electron chi connectivity index (χ1n) is 6.70. The highest BCUT2D eigenvalue weighted by Gasteiger charge is 2.45. The second kappa shape index (κ2) is 4.39. The zero-order valence-electron chi connectivity index (χ0n) is 10.5. The first kappa shape index (κ1) is 11.7. The molecule has 1 saturated heterocycles. The van der Waals surface area contributed by atoms with E-state index in [0.29, 0.717) is 11.0 Å². The van der Waals surface area contributed by atoms with Crippen LogP contribution in [0.1, 0.15) is 35.2 Å². The quantitative estimate of drug-likeness (QED) is 0.859. The molecule has 0 unspecified atom stereocenters. The van der Waals surface area contributed by atoms with E-state index < -0.39 is 5.97 Å². The standard InChI is InChI=1S/C15H19NO2/c17-14(18)13-3-1-11(2-4-13)7-12-8-15(9-12)5-6-16-10-15/h1-4,12,16H,5-10H2,(H,17,18). The molecule has 1 aliphatic carbocycles. The summed E-state index contributed by atoms with van der Waals surface area (Å²) in [6, 6.07) is 7.34. The summed E-state index contributed by atoms with van der Waals surface area (Å²) >= 11 is 0. The maximum absolute atomic E-state index is 10.8. The fourth-order valence-corrected chi connectivity index (χ4v) is 3.57.